The van der Waals surface area contributed by atoms with Gasteiger partial charge in [0, 0.05) is 19.2 Å². The maximum absolute atomic E-state index is 13.7. The number of nitrogen functional groups attached to an aromatic ring is 1. The minimum Gasteiger partial charge on any atom is -0.399 e. The van der Waals surface area contributed by atoms with Crippen LogP contribution in [0.25, 0.3) is 11.0 Å². The number of hydrogen-bond acceptors (Lipinski definition) is 2. The van der Waals surface area contributed by atoms with Gasteiger partial charge in [-0.1, -0.05) is 24.3 Å². The molecule has 0 atom stereocenters. The lowest BCUT2D eigenvalue weighted by Gasteiger charge is -2.05. The van der Waals surface area contributed by atoms with E-state index >= 15 is 0 Å². The van der Waals surface area contributed by atoms with Crippen LogP contribution in [0.1, 0.15) is 11.4 Å². The Morgan fingerprint density at radius 1 is 1.10 bits per heavy atom. The molecule has 0 fully saturated rings. The minimum atomic E-state index is -0.274. The van der Waals surface area contributed by atoms with Crippen LogP contribution in [0.4, 0.5) is 10.1 Å². The summed E-state index contributed by atoms with van der Waals surface area (Å²) in [4.78, 5) is 4.40. The summed E-state index contributed by atoms with van der Waals surface area (Å²) in [5.41, 5.74) is 9.08. The number of fused-ring (bicyclic) bond motifs is 1. The largest absolute Gasteiger partial charge is 0.399 e. The Morgan fingerprint density at radius 2 is 1.90 bits per heavy atom. The molecule has 0 saturated carbocycles. The van der Waals surface area contributed by atoms with Gasteiger partial charge in [0.25, 0.3) is 0 Å². The first kappa shape index (κ1) is 12.7. The van der Waals surface area contributed by atoms with Crippen LogP contribution in [0.15, 0.2) is 42.5 Å². The van der Waals surface area contributed by atoms with E-state index < -0.39 is 0 Å². The molecule has 0 aliphatic heterocycles. The maximum atomic E-state index is 13.7. The van der Waals surface area contributed by atoms with Crippen LogP contribution in [0, 0.1) is 5.82 Å². The van der Waals surface area contributed by atoms with Crippen LogP contribution in [0.5, 0.6) is 0 Å². The van der Waals surface area contributed by atoms with Crippen molar-refractivity contribution in [1.29, 1.82) is 0 Å². The Bertz CT molecular complexity index is 762. The Kier molecular flexibility index (Phi) is 3.14. The van der Waals surface area contributed by atoms with Gasteiger partial charge in [0.1, 0.15) is 11.3 Å². The second kappa shape index (κ2) is 4.96. The number of nitrogens with zero attached hydrogens (tertiary/aromatic N) is 2. The molecule has 4 heteroatoms. The number of imidazole rings is 1. The van der Waals surface area contributed by atoms with E-state index in [9.17, 15) is 4.39 Å². The van der Waals surface area contributed by atoms with Crippen molar-refractivity contribution in [3.8, 4) is 0 Å². The Morgan fingerprint density at radius 3 is 2.65 bits per heavy atom. The van der Waals surface area contributed by atoms with Crippen molar-refractivity contribution in [2.45, 2.75) is 12.8 Å². The van der Waals surface area contributed by atoms with Gasteiger partial charge in [-0.3, -0.25) is 0 Å². The van der Waals surface area contributed by atoms with Crippen molar-refractivity contribution >= 4 is 16.7 Å². The number of aryl methyl sites for hydroxylation is 3. The summed E-state index contributed by atoms with van der Waals surface area (Å²) >= 11 is 0. The smallest absolute Gasteiger partial charge is 0.151 e. The fraction of sp³-hybridized carbons (Fsp3) is 0.188. The van der Waals surface area contributed by atoms with Crippen molar-refractivity contribution in [1.82, 2.24) is 9.55 Å². The quantitative estimate of drug-likeness (QED) is 0.743. The molecular formula is C16H16FN3. The molecule has 3 aromatic rings. The fourth-order valence-corrected chi connectivity index (χ4v) is 2.46. The highest BCUT2D eigenvalue weighted by Gasteiger charge is 2.11. The monoisotopic (exact) mass is 269 g/mol. The maximum Gasteiger partial charge on any atom is 0.151 e. The van der Waals surface area contributed by atoms with Crippen molar-refractivity contribution in [2.75, 3.05) is 5.73 Å². The second-order valence-corrected chi connectivity index (χ2v) is 4.89. The number of aromatic nitrogens is 2. The van der Waals surface area contributed by atoms with E-state index in [1.165, 1.54) is 6.07 Å². The minimum absolute atomic E-state index is 0.274. The summed E-state index contributed by atoms with van der Waals surface area (Å²) in [7, 11) is 1.92. The summed E-state index contributed by atoms with van der Waals surface area (Å²) in [6.07, 6.45) is 1.53. The Balaban J connectivity index is 1.90. The molecule has 1 aromatic heterocycles. The number of nitrogens with two attached hydrogens (primary N) is 1. The highest BCUT2D eigenvalue weighted by atomic mass is 19.1. The first-order valence-corrected chi connectivity index (χ1v) is 6.60. The third-order valence-corrected chi connectivity index (χ3v) is 3.63. The molecule has 2 N–H and O–H groups in total. The molecular weight excluding hydrogens is 253 g/mol. The molecule has 0 aliphatic carbocycles. The summed E-state index contributed by atoms with van der Waals surface area (Å²) in [6, 6.07) is 12.8. The normalized spacial score (nSPS) is 11.1. The third kappa shape index (κ3) is 2.13. The van der Waals surface area contributed by atoms with Gasteiger partial charge in [-0.15, -0.1) is 0 Å². The van der Waals surface area contributed by atoms with Gasteiger partial charge in [-0.25, -0.2) is 9.37 Å². The summed E-state index contributed by atoms with van der Waals surface area (Å²) in [5.74, 6) is 0.594. The zero-order chi connectivity index (χ0) is 14.1. The van der Waals surface area contributed by atoms with Gasteiger partial charge < -0.3 is 10.3 Å². The second-order valence-electron chi connectivity index (χ2n) is 4.89. The molecule has 0 unspecified atom stereocenters. The van der Waals surface area contributed by atoms with E-state index in [4.69, 9.17) is 5.73 Å². The predicted molar refractivity (Wildman–Crippen MR) is 78.9 cm³/mol. The number of rotatable bonds is 3. The molecule has 3 rings (SSSR count). The van der Waals surface area contributed by atoms with E-state index in [2.05, 4.69) is 4.98 Å². The molecule has 0 aliphatic rings. The van der Waals surface area contributed by atoms with E-state index in [-0.39, 0.29) is 5.82 Å². The molecule has 0 radical (unpaired) electrons. The molecule has 0 amide bonds. The molecule has 2 aromatic carbocycles. The van der Waals surface area contributed by atoms with Crippen molar-refractivity contribution < 1.29 is 4.39 Å². The molecule has 102 valence electrons. The van der Waals surface area contributed by atoms with Crippen LogP contribution in [-0.4, -0.2) is 9.55 Å². The summed E-state index contributed by atoms with van der Waals surface area (Å²) < 4.78 is 15.7. The Hall–Kier alpha value is -2.36. The first-order chi connectivity index (χ1) is 9.66. The van der Waals surface area contributed by atoms with Crippen molar-refractivity contribution in [3.63, 3.8) is 0 Å². The van der Waals surface area contributed by atoms with Crippen molar-refractivity contribution in [2.24, 2.45) is 7.05 Å². The van der Waals surface area contributed by atoms with Gasteiger partial charge in [0.2, 0.25) is 0 Å². The van der Waals surface area contributed by atoms with Crippen LogP contribution in [-0.2, 0) is 19.9 Å². The lowest BCUT2D eigenvalue weighted by Crippen LogP contribution is -2.02. The average molecular weight is 269 g/mol. The molecule has 0 saturated heterocycles. The van der Waals surface area contributed by atoms with Gasteiger partial charge in [0.05, 0.1) is 5.52 Å². The number of benzene rings is 2. The molecule has 3 nitrogen and oxygen atoms in total. The fourth-order valence-electron chi connectivity index (χ4n) is 2.46. The predicted octanol–water partition coefficient (Wildman–Crippen LogP) is 3.08. The standard InChI is InChI=1S/C16H16FN3/c1-20-14-8-4-6-12(17)16(14)19-15(20)10-9-11-5-2-3-7-13(11)18/h2-8H,9-10,18H2,1H3. The summed E-state index contributed by atoms with van der Waals surface area (Å²) in [5, 5.41) is 0. The van der Waals surface area contributed by atoms with Gasteiger partial charge in [-0.2, -0.15) is 0 Å². The van der Waals surface area contributed by atoms with Crippen LogP contribution >= 0.6 is 0 Å². The Labute approximate surface area is 116 Å². The van der Waals surface area contributed by atoms with E-state index in [0.29, 0.717) is 5.52 Å². The third-order valence-electron chi connectivity index (χ3n) is 3.63. The number of hydrogen-bond donors (Lipinski definition) is 1. The highest BCUT2D eigenvalue weighted by Crippen LogP contribution is 2.20. The number of anilines is 1. The topological polar surface area (TPSA) is 43.8 Å². The van der Waals surface area contributed by atoms with E-state index in [1.54, 1.807) is 6.07 Å². The van der Waals surface area contributed by atoms with E-state index in [1.807, 2.05) is 41.9 Å². The zero-order valence-electron chi connectivity index (χ0n) is 11.3. The van der Waals surface area contributed by atoms with Crippen LogP contribution in [0.2, 0.25) is 0 Å². The van der Waals surface area contributed by atoms with Gasteiger partial charge in [-0.05, 0) is 30.2 Å². The average Bonchev–Trinajstić information content (AvgIpc) is 2.77. The highest BCUT2D eigenvalue weighted by molar-refractivity contribution is 5.76. The van der Waals surface area contributed by atoms with Gasteiger partial charge in [0.15, 0.2) is 5.82 Å². The van der Waals surface area contributed by atoms with Crippen molar-refractivity contribution in [3.05, 3.63) is 59.7 Å². The zero-order valence-corrected chi connectivity index (χ0v) is 11.3. The number of para-hydroxylation sites is 2. The lowest BCUT2D eigenvalue weighted by molar-refractivity contribution is 0.637. The lowest BCUT2D eigenvalue weighted by atomic mass is 10.1. The molecule has 0 bridgehead atoms. The van der Waals surface area contributed by atoms with Gasteiger partial charge >= 0.3 is 0 Å². The van der Waals surface area contributed by atoms with Crippen LogP contribution < -0.4 is 5.73 Å². The molecule has 0 spiro atoms. The first-order valence-electron chi connectivity index (χ1n) is 6.60. The molecule has 20 heavy (non-hydrogen) atoms. The van der Waals surface area contributed by atoms with Crippen LogP contribution in [0.3, 0.4) is 0 Å². The SMILES string of the molecule is Cn1c(CCc2ccccc2N)nc2c(F)cccc21. The van der Waals surface area contributed by atoms with E-state index in [0.717, 1.165) is 35.4 Å². The molecule has 1 heterocycles. The number of halogens is 1. The summed E-state index contributed by atoms with van der Waals surface area (Å²) in [6.45, 7) is 0.